The highest BCUT2D eigenvalue weighted by Gasteiger charge is 2.31. The zero-order chi connectivity index (χ0) is 19.4. The lowest BCUT2D eigenvalue weighted by molar-refractivity contribution is -0.137. The van der Waals surface area contributed by atoms with E-state index < -0.39 is 17.3 Å². The smallest absolute Gasteiger partial charge is 0.417 e. The molecule has 0 saturated carbocycles. The third-order valence-electron chi connectivity index (χ3n) is 3.47. The Bertz CT molecular complexity index is 903. The Morgan fingerprint density at radius 2 is 1.59 bits per heavy atom. The van der Waals surface area contributed by atoms with Crippen molar-refractivity contribution in [3.05, 3.63) is 83.0 Å². The second-order valence-electron chi connectivity index (χ2n) is 5.43. The predicted molar refractivity (Wildman–Crippen MR) is 96.4 cm³/mol. The van der Waals surface area contributed by atoms with Gasteiger partial charge in [-0.05, 0) is 30.3 Å². The van der Waals surface area contributed by atoms with Crippen LogP contribution in [0.5, 0.6) is 17.4 Å². The van der Waals surface area contributed by atoms with Crippen molar-refractivity contribution in [2.45, 2.75) is 11.7 Å². The van der Waals surface area contributed by atoms with E-state index in [1.165, 1.54) is 0 Å². The number of ether oxygens (including phenoxy) is 2. The van der Waals surface area contributed by atoms with Gasteiger partial charge in [0.05, 0.1) is 5.56 Å². The molecule has 0 aliphatic rings. The second kappa shape index (κ2) is 8.06. The molecule has 27 heavy (non-hydrogen) atoms. The lowest BCUT2D eigenvalue weighted by atomic mass is 10.2. The summed E-state index contributed by atoms with van der Waals surface area (Å²) in [6.45, 7) is 0. The van der Waals surface area contributed by atoms with E-state index in [4.69, 9.17) is 32.7 Å². The van der Waals surface area contributed by atoms with E-state index >= 15 is 0 Å². The Morgan fingerprint density at radius 1 is 0.926 bits per heavy atom. The fourth-order valence-electron chi connectivity index (χ4n) is 2.14. The molecule has 0 amide bonds. The van der Waals surface area contributed by atoms with Crippen LogP contribution in [0.4, 0.5) is 13.2 Å². The standard InChI is InChI=1S/C19H12Cl2F3NO2/c20-16-10-13(19(22,23)24)11-25-18(16)27-15-8-6-12(7-9-15)17(21)26-14-4-2-1-3-5-14/h1-11,17H. The fraction of sp³-hybridized carbons (Fsp3) is 0.105. The molecule has 1 heterocycles. The summed E-state index contributed by atoms with van der Waals surface area (Å²) in [7, 11) is 0. The Balaban J connectivity index is 1.69. The molecule has 1 unspecified atom stereocenters. The SMILES string of the molecule is FC(F)(F)c1cnc(Oc2ccc(C(Cl)Oc3ccccc3)cc2)c(Cl)c1. The van der Waals surface area contributed by atoms with Gasteiger partial charge in [0, 0.05) is 11.8 Å². The molecule has 0 saturated heterocycles. The van der Waals surface area contributed by atoms with Gasteiger partial charge in [0.2, 0.25) is 5.88 Å². The van der Waals surface area contributed by atoms with Gasteiger partial charge >= 0.3 is 6.18 Å². The molecule has 0 radical (unpaired) electrons. The van der Waals surface area contributed by atoms with Crippen molar-refractivity contribution in [1.29, 1.82) is 0 Å². The highest BCUT2D eigenvalue weighted by atomic mass is 35.5. The first-order chi connectivity index (χ1) is 12.8. The average molecular weight is 414 g/mol. The third-order valence-corrected chi connectivity index (χ3v) is 4.09. The maximum absolute atomic E-state index is 12.6. The maximum Gasteiger partial charge on any atom is 0.417 e. The van der Waals surface area contributed by atoms with Crippen LogP contribution in [-0.2, 0) is 6.18 Å². The lowest BCUT2D eigenvalue weighted by Gasteiger charge is -2.14. The Morgan fingerprint density at radius 3 is 2.19 bits per heavy atom. The number of rotatable bonds is 5. The predicted octanol–water partition coefficient (Wildman–Crippen LogP) is 6.86. The van der Waals surface area contributed by atoms with Crippen molar-refractivity contribution in [2.75, 3.05) is 0 Å². The Labute approximate surface area is 163 Å². The summed E-state index contributed by atoms with van der Waals surface area (Å²) in [5.74, 6) is 0.843. The van der Waals surface area contributed by atoms with Crippen LogP contribution in [0, 0.1) is 0 Å². The van der Waals surface area contributed by atoms with Crippen LogP contribution in [0.15, 0.2) is 66.9 Å². The average Bonchev–Trinajstić information content (AvgIpc) is 2.64. The summed E-state index contributed by atoms with van der Waals surface area (Å²) >= 11 is 12.1. The number of pyridine rings is 1. The van der Waals surface area contributed by atoms with Gasteiger partial charge in [0.15, 0.2) is 5.56 Å². The summed E-state index contributed by atoms with van der Waals surface area (Å²) in [6, 6.07) is 16.4. The number of aromatic nitrogens is 1. The molecule has 8 heteroatoms. The zero-order valence-corrected chi connectivity index (χ0v) is 15.1. The van der Waals surface area contributed by atoms with Gasteiger partial charge in [-0.15, -0.1) is 0 Å². The van der Waals surface area contributed by atoms with Gasteiger partial charge in [-0.25, -0.2) is 4.98 Å². The minimum atomic E-state index is -4.52. The maximum atomic E-state index is 12.6. The molecule has 0 spiro atoms. The normalized spacial score (nSPS) is 12.5. The molecule has 3 rings (SSSR count). The first kappa shape index (κ1) is 19.3. The van der Waals surface area contributed by atoms with Crippen LogP contribution >= 0.6 is 23.2 Å². The number of halogens is 5. The van der Waals surface area contributed by atoms with Gasteiger partial charge in [-0.3, -0.25) is 0 Å². The molecule has 140 valence electrons. The number of hydrogen-bond acceptors (Lipinski definition) is 3. The highest BCUT2D eigenvalue weighted by Crippen LogP contribution is 2.35. The summed E-state index contributed by atoms with van der Waals surface area (Å²) in [5, 5.41) is -0.239. The summed E-state index contributed by atoms with van der Waals surface area (Å²) in [6.07, 6.45) is -3.86. The van der Waals surface area contributed by atoms with Crippen molar-refractivity contribution in [3.8, 4) is 17.4 Å². The summed E-state index contributed by atoms with van der Waals surface area (Å²) < 4.78 is 49.0. The molecular weight excluding hydrogens is 402 g/mol. The number of benzene rings is 2. The van der Waals surface area contributed by atoms with Crippen LogP contribution in [0.25, 0.3) is 0 Å². The van der Waals surface area contributed by atoms with Crippen LogP contribution in [0.3, 0.4) is 0 Å². The van der Waals surface area contributed by atoms with Crippen LogP contribution in [-0.4, -0.2) is 4.98 Å². The molecule has 1 aromatic heterocycles. The quantitative estimate of drug-likeness (QED) is 0.428. The molecule has 0 bridgehead atoms. The molecule has 3 nitrogen and oxygen atoms in total. The molecule has 3 aromatic rings. The second-order valence-corrected chi connectivity index (χ2v) is 6.23. The van der Waals surface area contributed by atoms with Gasteiger partial charge in [-0.1, -0.05) is 53.5 Å². The third kappa shape index (κ3) is 5.05. The van der Waals surface area contributed by atoms with Gasteiger partial charge in [0.25, 0.3) is 0 Å². The number of hydrogen-bond donors (Lipinski definition) is 0. The summed E-state index contributed by atoms with van der Waals surface area (Å²) in [5.41, 5.74) is -0.980. The van der Waals surface area contributed by atoms with Crippen molar-refractivity contribution in [3.63, 3.8) is 0 Å². The zero-order valence-electron chi connectivity index (χ0n) is 13.6. The number of alkyl halides is 4. The topological polar surface area (TPSA) is 31.4 Å². The van der Waals surface area contributed by atoms with Crippen molar-refractivity contribution in [1.82, 2.24) is 4.98 Å². The van der Waals surface area contributed by atoms with Crippen molar-refractivity contribution >= 4 is 23.2 Å². The van der Waals surface area contributed by atoms with E-state index in [1.54, 1.807) is 36.4 Å². The van der Waals surface area contributed by atoms with E-state index in [2.05, 4.69) is 4.98 Å². The minimum absolute atomic E-state index is 0.125. The number of para-hydroxylation sites is 1. The van der Waals surface area contributed by atoms with Gasteiger partial charge < -0.3 is 9.47 Å². The van der Waals surface area contributed by atoms with Gasteiger partial charge in [-0.2, -0.15) is 13.2 Å². The van der Waals surface area contributed by atoms with Crippen LogP contribution in [0.1, 0.15) is 16.7 Å². The van der Waals surface area contributed by atoms with E-state index in [0.29, 0.717) is 23.3 Å². The first-order valence-corrected chi connectivity index (χ1v) is 8.51. The van der Waals surface area contributed by atoms with E-state index in [1.807, 2.05) is 18.2 Å². The molecule has 0 aliphatic heterocycles. The molecule has 1 atom stereocenters. The summed E-state index contributed by atoms with van der Waals surface area (Å²) in [4.78, 5) is 3.63. The Kier molecular flexibility index (Phi) is 5.77. The first-order valence-electron chi connectivity index (χ1n) is 7.69. The van der Waals surface area contributed by atoms with Crippen molar-refractivity contribution < 1.29 is 22.6 Å². The monoisotopic (exact) mass is 413 g/mol. The van der Waals surface area contributed by atoms with Crippen LogP contribution < -0.4 is 9.47 Å². The van der Waals surface area contributed by atoms with Crippen LogP contribution in [0.2, 0.25) is 5.02 Å². The fourth-order valence-corrected chi connectivity index (χ4v) is 2.59. The molecule has 0 fully saturated rings. The van der Waals surface area contributed by atoms with Crippen molar-refractivity contribution in [2.24, 2.45) is 0 Å². The van der Waals surface area contributed by atoms with E-state index in [-0.39, 0.29) is 10.9 Å². The molecule has 2 aromatic carbocycles. The molecular formula is C19H12Cl2F3NO2. The molecule has 0 aliphatic carbocycles. The minimum Gasteiger partial charge on any atom is -0.470 e. The lowest BCUT2D eigenvalue weighted by Crippen LogP contribution is -2.05. The largest absolute Gasteiger partial charge is 0.470 e. The van der Waals surface area contributed by atoms with E-state index in [9.17, 15) is 13.2 Å². The molecule has 0 N–H and O–H groups in total. The Hall–Kier alpha value is -2.44. The highest BCUT2D eigenvalue weighted by molar-refractivity contribution is 6.31. The van der Waals surface area contributed by atoms with Gasteiger partial charge in [0.1, 0.15) is 16.5 Å². The number of nitrogens with zero attached hydrogens (tertiary/aromatic N) is 1. The van der Waals surface area contributed by atoms with E-state index in [0.717, 1.165) is 6.07 Å².